The maximum atomic E-state index is 8.61. The van der Waals surface area contributed by atoms with E-state index in [1.807, 2.05) is 6.07 Å². The van der Waals surface area contributed by atoms with E-state index in [1.165, 1.54) is 0 Å². The lowest BCUT2D eigenvalue weighted by Gasteiger charge is -2.00. The second-order valence-corrected chi connectivity index (χ2v) is 3.42. The number of benzene rings is 1. The number of nitriles is 1. The third-order valence-corrected chi connectivity index (χ3v) is 2.34. The van der Waals surface area contributed by atoms with Crippen LogP contribution in [-0.2, 0) is 0 Å². The van der Waals surface area contributed by atoms with Crippen molar-refractivity contribution in [3.8, 4) is 17.4 Å². The highest BCUT2D eigenvalue weighted by atomic mass is 35.5. The van der Waals surface area contributed by atoms with Gasteiger partial charge < -0.3 is 10.2 Å². The van der Waals surface area contributed by atoms with Gasteiger partial charge in [-0.15, -0.1) is 0 Å². The van der Waals surface area contributed by atoms with Crippen molar-refractivity contribution in [1.82, 2.24) is 0 Å². The topological polar surface area (TPSA) is 63.0 Å². The van der Waals surface area contributed by atoms with Crippen molar-refractivity contribution in [1.29, 1.82) is 5.26 Å². The summed E-state index contributed by atoms with van der Waals surface area (Å²) in [5, 5.41) is 9.11. The van der Waals surface area contributed by atoms with Crippen molar-refractivity contribution in [2.75, 3.05) is 5.73 Å². The molecular formula is C11H7ClN2O. The van der Waals surface area contributed by atoms with Crippen LogP contribution in [0.1, 0.15) is 5.76 Å². The Balaban J connectivity index is 2.46. The van der Waals surface area contributed by atoms with Crippen molar-refractivity contribution >= 4 is 17.3 Å². The van der Waals surface area contributed by atoms with Gasteiger partial charge in [-0.2, -0.15) is 5.26 Å². The zero-order valence-electron chi connectivity index (χ0n) is 7.70. The number of anilines is 1. The fourth-order valence-corrected chi connectivity index (χ4v) is 1.37. The van der Waals surface area contributed by atoms with Crippen molar-refractivity contribution in [2.24, 2.45) is 0 Å². The molecule has 0 atom stereocenters. The highest BCUT2D eigenvalue weighted by Crippen LogP contribution is 2.27. The van der Waals surface area contributed by atoms with Crippen molar-refractivity contribution < 1.29 is 4.42 Å². The minimum absolute atomic E-state index is 0.276. The van der Waals surface area contributed by atoms with Gasteiger partial charge in [-0.05, 0) is 30.3 Å². The Bertz CT molecular complexity index is 540. The predicted molar refractivity (Wildman–Crippen MR) is 58.3 cm³/mol. The number of nitrogens with zero attached hydrogens (tertiary/aromatic N) is 1. The summed E-state index contributed by atoms with van der Waals surface area (Å²) >= 11 is 5.79. The number of furan rings is 1. The number of hydrogen-bond donors (Lipinski definition) is 1. The summed E-state index contributed by atoms with van der Waals surface area (Å²) in [6.07, 6.45) is 0. The molecule has 3 nitrogen and oxygen atoms in total. The highest BCUT2D eigenvalue weighted by Gasteiger charge is 2.05. The lowest BCUT2D eigenvalue weighted by molar-refractivity contribution is 0.567. The summed E-state index contributed by atoms with van der Waals surface area (Å²) in [5.41, 5.74) is 6.95. The van der Waals surface area contributed by atoms with Crippen LogP contribution < -0.4 is 5.73 Å². The first kappa shape index (κ1) is 9.63. The Kier molecular flexibility index (Phi) is 2.36. The van der Waals surface area contributed by atoms with Crippen molar-refractivity contribution in [2.45, 2.75) is 0 Å². The smallest absolute Gasteiger partial charge is 0.204 e. The summed E-state index contributed by atoms with van der Waals surface area (Å²) in [6.45, 7) is 0. The molecule has 0 bridgehead atoms. The van der Waals surface area contributed by atoms with E-state index in [9.17, 15) is 0 Å². The summed E-state index contributed by atoms with van der Waals surface area (Å²) < 4.78 is 5.25. The van der Waals surface area contributed by atoms with E-state index >= 15 is 0 Å². The molecule has 0 radical (unpaired) electrons. The Hall–Kier alpha value is -1.92. The molecule has 1 aromatic carbocycles. The standard InChI is InChI=1S/C11H7ClN2O/c12-9-3-1-7(5-10(9)14)11-4-2-8(6-13)15-11/h1-5H,14H2. The molecule has 2 aromatic rings. The molecule has 0 aliphatic heterocycles. The van der Waals surface area contributed by atoms with E-state index in [-0.39, 0.29) is 5.76 Å². The van der Waals surface area contributed by atoms with Crippen molar-refractivity contribution in [3.63, 3.8) is 0 Å². The Morgan fingerprint density at radius 2 is 2.07 bits per heavy atom. The van der Waals surface area contributed by atoms with Crippen LogP contribution in [0.25, 0.3) is 11.3 Å². The lowest BCUT2D eigenvalue weighted by Crippen LogP contribution is -1.86. The van der Waals surface area contributed by atoms with E-state index < -0.39 is 0 Å². The predicted octanol–water partition coefficient (Wildman–Crippen LogP) is 3.05. The molecule has 1 heterocycles. The van der Waals surface area contributed by atoms with Crippen LogP contribution in [0.5, 0.6) is 0 Å². The third kappa shape index (κ3) is 1.80. The zero-order valence-corrected chi connectivity index (χ0v) is 8.45. The molecule has 15 heavy (non-hydrogen) atoms. The number of halogens is 1. The molecule has 0 aliphatic carbocycles. The minimum Gasteiger partial charge on any atom is -0.446 e. The molecule has 0 fully saturated rings. The lowest BCUT2D eigenvalue weighted by atomic mass is 10.1. The van der Waals surface area contributed by atoms with Gasteiger partial charge in [0.05, 0.1) is 10.7 Å². The largest absolute Gasteiger partial charge is 0.446 e. The zero-order chi connectivity index (χ0) is 10.8. The summed E-state index contributed by atoms with van der Waals surface area (Å²) in [7, 11) is 0. The first-order valence-corrected chi connectivity index (χ1v) is 4.64. The Morgan fingerprint density at radius 3 is 2.67 bits per heavy atom. The normalized spacial score (nSPS) is 9.87. The van der Waals surface area contributed by atoms with Crippen LogP contribution in [0.3, 0.4) is 0 Å². The fraction of sp³-hybridized carbons (Fsp3) is 0. The van der Waals surface area contributed by atoms with Crippen LogP contribution >= 0.6 is 11.6 Å². The fourth-order valence-electron chi connectivity index (χ4n) is 1.25. The molecule has 74 valence electrons. The van der Waals surface area contributed by atoms with Gasteiger partial charge in [-0.25, -0.2) is 0 Å². The van der Waals surface area contributed by atoms with Gasteiger partial charge in [0, 0.05) is 5.56 Å². The van der Waals surface area contributed by atoms with Gasteiger partial charge in [0.25, 0.3) is 0 Å². The molecule has 4 heteroatoms. The molecule has 0 spiro atoms. The average Bonchev–Trinajstić information content (AvgIpc) is 2.70. The van der Waals surface area contributed by atoms with Gasteiger partial charge in [0.1, 0.15) is 11.8 Å². The van der Waals surface area contributed by atoms with E-state index in [1.54, 1.807) is 30.3 Å². The molecule has 0 unspecified atom stereocenters. The first-order chi connectivity index (χ1) is 7.20. The van der Waals surface area contributed by atoms with Crippen LogP contribution in [0.2, 0.25) is 5.02 Å². The molecule has 0 aliphatic rings. The van der Waals surface area contributed by atoms with Gasteiger partial charge in [-0.3, -0.25) is 0 Å². The van der Waals surface area contributed by atoms with Crippen LogP contribution in [0.15, 0.2) is 34.7 Å². The van der Waals surface area contributed by atoms with Gasteiger partial charge in [-0.1, -0.05) is 11.6 Å². The number of hydrogen-bond acceptors (Lipinski definition) is 3. The molecule has 0 saturated carbocycles. The molecule has 2 N–H and O–H groups in total. The van der Waals surface area contributed by atoms with Gasteiger partial charge in [0.15, 0.2) is 0 Å². The van der Waals surface area contributed by atoms with E-state index in [0.29, 0.717) is 16.5 Å². The molecular weight excluding hydrogens is 212 g/mol. The first-order valence-electron chi connectivity index (χ1n) is 4.26. The van der Waals surface area contributed by atoms with Crippen LogP contribution in [0.4, 0.5) is 5.69 Å². The maximum Gasteiger partial charge on any atom is 0.204 e. The van der Waals surface area contributed by atoms with E-state index in [2.05, 4.69) is 0 Å². The Labute approximate surface area is 91.7 Å². The maximum absolute atomic E-state index is 8.61. The number of nitrogen functional groups attached to an aromatic ring is 1. The SMILES string of the molecule is N#Cc1ccc(-c2ccc(Cl)c(N)c2)o1. The summed E-state index contributed by atoms with van der Waals surface area (Å²) in [6, 6.07) is 10.5. The summed E-state index contributed by atoms with van der Waals surface area (Å²) in [5.74, 6) is 0.883. The quantitative estimate of drug-likeness (QED) is 0.749. The van der Waals surface area contributed by atoms with Gasteiger partial charge >= 0.3 is 0 Å². The molecule has 1 aromatic heterocycles. The summed E-state index contributed by atoms with van der Waals surface area (Å²) in [4.78, 5) is 0. The monoisotopic (exact) mass is 218 g/mol. The number of nitrogens with two attached hydrogens (primary N) is 1. The minimum atomic E-state index is 0.276. The molecule has 0 saturated heterocycles. The van der Waals surface area contributed by atoms with Crippen molar-refractivity contribution in [3.05, 3.63) is 41.1 Å². The second kappa shape index (κ2) is 3.68. The average molecular weight is 219 g/mol. The van der Waals surface area contributed by atoms with Crippen LogP contribution in [0, 0.1) is 11.3 Å². The van der Waals surface area contributed by atoms with E-state index in [4.69, 9.17) is 27.0 Å². The highest BCUT2D eigenvalue weighted by molar-refractivity contribution is 6.33. The Morgan fingerprint density at radius 1 is 1.27 bits per heavy atom. The van der Waals surface area contributed by atoms with E-state index in [0.717, 1.165) is 5.56 Å². The molecule has 2 rings (SSSR count). The second-order valence-electron chi connectivity index (χ2n) is 3.01. The van der Waals surface area contributed by atoms with Crippen LogP contribution in [-0.4, -0.2) is 0 Å². The molecule has 0 amide bonds. The third-order valence-electron chi connectivity index (χ3n) is 2.00. The number of rotatable bonds is 1. The van der Waals surface area contributed by atoms with Gasteiger partial charge in [0.2, 0.25) is 5.76 Å².